The van der Waals surface area contributed by atoms with Gasteiger partial charge in [0.05, 0.1) is 5.60 Å². The summed E-state index contributed by atoms with van der Waals surface area (Å²) in [5.74, 6) is 0. The predicted molar refractivity (Wildman–Crippen MR) is 51.1 cm³/mol. The van der Waals surface area contributed by atoms with E-state index in [0.717, 1.165) is 19.6 Å². The Morgan fingerprint density at radius 3 is 2.50 bits per heavy atom. The lowest BCUT2D eigenvalue weighted by Crippen LogP contribution is -2.41. The second kappa shape index (κ2) is 4.06. The van der Waals surface area contributed by atoms with E-state index < -0.39 is 5.60 Å². The van der Waals surface area contributed by atoms with Gasteiger partial charge in [0.1, 0.15) is 0 Å². The number of nitrogens with zero attached hydrogens (tertiary/aromatic N) is 1. The summed E-state index contributed by atoms with van der Waals surface area (Å²) in [4.78, 5) is 2.31. The highest BCUT2D eigenvalue weighted by atomic mass is 16.3. The molecule has 0 aliphatic carbocycles. The molecule has 70 valence electrons. The van der Waals surface area contributed by atoms with Gasteiger partial charge in [-0.15, -0.1) is 6.58 Å². The molecule has 0 spiro atoms. The molecule has 1 aliphatic heterocycles. The fourth-order valence-electron chi connectivity index (χ4n) is 1.63. The van der Waals surface area contributed by atoms with E-state index in [9.17, 15) is 5.11 Å². The van der Waals surface area contributed by atoms with Crippen LogP contribution in [0, 0.1) is 0 Å². The SMILES string of the molecule is C=CC(C)(O)CN1CCCCC1. The molecule has 0 aromatic carbocycles. The molecule has 2 heteroatoms. The van der Waals surface area contributed by atoms with Crippen LogP contribution >= 0.6 is 0 Å². The zero-order chi connectivity index (χ0) is 9.03. The molecule has 2 nitrogen and oxygen atoms in total. The van der Waals surface area contributed by atoms with Crippen LogP contribution in [-0.2, 0) is 0 Å². The maximum Gasteiger partial charge on any atom is 0.0923 e. The molecule has 0 saturated carbocycles. The van der Waals surface area contributed by atoms with Gasteiger partial charge in [0, 0.05) is 6.54 Å². The van der Waals surface area contributed by atoms with Gasteiger partial charge in [0.2, 0.25) is 0 Å². The normalized spacial score (nSPS) is 24.8. The van der Waals surface area contributed by atoms with Crippen molar-refractivity contribution in [3.8, 4) is 0 Å². The summed E-state index contributed by atoms with van der Waals surface area (Å²) >= 11 is 0. The third-order valence-corrected chi connectivity index (χ3v) is 2.43. The molecular formula is C10H19NO. The third-order valence-electron chi connectivity index (χ3n) is 2.43. The van der Waals surface area contributed by atoms with Crippen LogP contribution in [-0.4, -0.2) is 35.2 Å². The smallest absolute Gasteiger partial charge is 0.0923 e. The van der Waals surface area contributed by atoms with Gasteiger partial charge in [-0.3, -0.25) is 0 Å². The highest BCUT2D eigenvalue weighted by molar-refractivity contribution is 4.94. The van der Waals surface area contributed by atoms with Gasteiger partial charge in [-0.05, 0) is 32.9 Å². The van der Waals surface area contributed by atoms with Crippen LogP contribution in [0.4, 0.5) is 0 Å². The van der Waals surface area contributed by atoms with Crippen molar-refractivity contribution in [1.29, 1.82) is 0 Å². The van der Waals surface area contributed by atoms with Crippen LogP contribution in [0.2, 0.25) is 0 Å². The molecule has 12 heavy (non-hydrogen) atoms. The van der Waals surface area contributed by atoms with Crippen molar-refractivity contribution in [2.24, 2.45) is 0 Å². The van der Waals surface area contributed by atoms with E-state index in [-0.39, 0.29) is 0 Å². The van der Waals surface area contributed by atoms with E-state index in [1.807, 2.05) is 6.92 Å². The van der Waals surface area contributed by atoms with Crippen molar-refractivity contribution >= 4 is 0 Å². The van der Waals surface area contributed by atoms with Gasteiger partial charge in [-0.25, -0.2) is 0 Å². The summed E-state index contributed by atoms with van der Waals surface area (Å²) in [6.45, 7) is 8.43. The zero-order valence-corrected chi connectivity index (χ0v) is 7.92. The number of hydrogen-bond donors (Lipinski definition) is 1. The Hall–Kier alpha value is -0.340. The average Bonchev–Trinajstić information content (AvgIpc) is 2.06. The predicted octanol–water partition coefficient (Wildman–Crippen LogP) is 1.41. The fourth-order valence-corrected chi connectivity index (χ4v) is 1.63. The van der Waals surface area contributed by atoms with Gasteiger partial charge >= 0.3 is 0 Å². The Kier molecular flexibility index (Phi) is 3.29. The first-order valence-electron chi connectivity index (χ1n) is 4.72. The minimum absolute atomic E-state index is 0.711. The summed E-state index contributed by atoms with van der Waals surface area (Å²) in [7, 11) is 0. The van der Waals surface area contributed by atoms with E-state index in [1.54, 1.807) is 6.08 Å². The minimum atomic E-state index is -0.711. The maximum atomic E-state index is 9.72. The van der Waals surface area contributed by atoms with Crippen LogP contribution < -0.4 is 0 Å². The standard InChI is InChI=1S/C10H19NO/c1-3-10(2,12)9-11-7-5-4-6-8-11/h3,12H,1,4-9H2,2H3. The second-order valence-electron chi connectivity index (χ2n) is 3.90. The van der Waals surface area contributed by atoms with E-state index >= 15 is 0 Å². The molecular weight excluding hydrogens is 150 g/mol. The molecule has 1 fully saturated rings. The Morgan fingerprint density at radius 1 is 1.42 bits per heavy atom. The molecule has 1 heterocycles. The topological polar surface area (TPSA) is 23.5 Å². The van der Waals surface area contributed by atoms with Crippen molar-refractivity contribution in [3.63, 3.8) is 0 Å². The number of aliphatic hydroxyl groups is 1. The molecule has 0 amide bonds. The van der Waals surface area contributed by atoms with Crippen molar-refractivity contribution in [2.45, 2.75) is 31.8 Å². The van der Waals surface area contributed by atoms with Crippen LogP contribution in [0.25, 0.3) is 0 Å². The molecule has 1 aliphatic rings. The van der Waals surface area contributed by atoms with E-state index in [0.29, 0.717) is 0 Å². The first-order valence-corrected chi connectivity index (χ1v) is 4.72. The summed E-state index contributed by atoms with van der Waals surface area (Å²) in [6.07, 6.45) is 5.51. The van der Waals surface area contributed by atoms with Crippen LogP contribution in [0.3, 0.4) is 0 Å². The quantitative estimate of drug-likeness (QED) is 0.646. The highest BCUT2D eigenvalue weighted by Gasteiger charge is 2.21. The molecule has 1 saturated heterocycles. The van der Waals surface area contributed by atoms with Crippen LogP contribution in [0.5, 0.6) is 0 Å². The van der Waals surface area contributed by atoms with Gasteiger partial charge in [-0.2, -0.15) is 0 Å². The first kappa shape index (κ1) is 9.75. The lowest BCUT2D eigenvalue weighted by molar-refractivity contribution is 0.0544. The van der Waals surface area contributed by atoms with Gasteiger partial charge in [0.25, 0.3) is 0 Å². The Bertz CT molecular complexity index is 148. The lowest BCUT2D eigenvalue weighted by Gasteiger charge is -2.32. The van der Waals surface area contributed by atoms with Gasteiger partial charge in [0.15, 0.2) is 0 Å². The minimum Gasteiger partial charge on any atom is -0.385 e. The molecule has 1 N–H and O–H groups in total. The molecule has 0 aromatic rings. The number of rotatable bonds is 3. The molecule has 0 aromatic heterocycles. The zero-order valence-electron chi connectivity index (χ0n) is 7.92. The Labute approximate surface area is 74.9 Å². The highest BCUT2D eigenvalue weighted by Crippen LogP contribution is 2.13. The van der Waals surface area contributed by atoms with Gasteiger partial charge in [-0.1, -0.05) is 12.5 Å². The molecule has 0 bridgehead atoms. The monoisotopic (exact) mass is 169 g/mol. The third kappa shape index (κ3) is 2.95. The maximum absolute atomic E-state index is 9.72. The summed E-state index contributed by atoms with van der Waals surface area (Å²) in [6, 6.07) is 0. The fraction of sp³-hybridized carbons (Fsp3) is 0.800. The average molecular weight is 169 g/mol. The molecule has 0 radical (unpaired) electrons. The van der Waals surface area contributed by atoms with Crippen LogP contribution in [0.15, 0.2) is 12.7 Å². The van der Waals surface area contributed by atoms with E-state index in [4.69, 9.17) is 0 Å². The lowest BCUT2D eigenvalue weighted by atomic mass is 10.0. The summed E-state index contributed by atoms with van der Waals surface area (Å²) in [5, 5.41) is 9.72. The molecule has 1 unspecified atom stereocenters. The van der Waals surface area contributed by atoms with Crippen molar-refractivity contribution in [3.05, 3.63) is 12.7 Å². The van der Waals surface area contributed by atoms with Crippen LogP contribution in [0.1, 0.15) is 26.2 Å². The van der Waals surface area contributed by atoms with E-state index in [2.05, 4.69) is 11.5 Å². The second-order valence-corrected chi connectivity index (χ2v) is 3.90. The number of likely N-dealkylation sites (tertiary alicyclic amines) is 1. The van der Waals surface area contributed by atoms with E-state index in [1.165, 1.54) is 19.3 Å². The Morgan fingerprint density at radius 2 is 2.00 bits per heavy atom. The Balaban J connectivity index is 2.33. The van der Waals surface area contributed by atoms with Crippen molar-refractivity contribution in [2.75, 3.05) is 19.6 Å². The molecule has 1 rings (SSSR count). The number of piperidine rings is 1. The van der Waals surface area contributed by atoms with Gasteiger partial charge < -0.3 is 10.0 Å². The largest absolute Gasteiger partial charge is 0.385 e. The molecule has 1 atom stereocenters. The number of β-amino-alcohol motifs (C(OH)–C–C–N with tert-alkyl or cyclic N) is 1. The summed E-state index contributed by atoms with van der Waals surface area (Å²) < 4.78 is 0. The van der Waals surface area contributed by atoms with Crippen molar-refractivity contribution in [1.82, 2.24) is 4.90 Å². The summed E-state index contributed by atoms with van der Waals surface area (Å²) in [5.41, 5.74) is -0.711. The first-order chi connectivity index (χ1) is 5.64. The number of hydrogen-bond acceptors (Lipinski definition) is 2. The van der Waals surface area contributed by atoms with Crippen molar-refractivity contribution < 1.29 is 5.11 Å².